The maximum absolute atomic E-state index is 6.31. The van der Waals surface area contributed by atoms with Gasteiger partial charge in [-0.2, -0.15) is 0 Å². The van der Waals surface area contributed by atoms with Crippen LogP contribution in [0, 0.1) is 11.8 Å². The third kappa shape index (κ3) is 3.43. The highest BCUT2D eigenvalue weighted by Gasteiger charge is 2.30. The van der Waals surface area contributed by atoms with Crippen LogP contribution in [-0.2, 0) is 0 Å². The topological polar surface area (TPSA) is 29.3 Å². The molecular formula is C15H22Cl2N2. The van der Waals surface area contributed by atoms with Crippen molar-refractivity contribution in [2.24, 2.45) is 17.6 Å². The van der Waals surface area contributed by atoms with Crippen LogP contribution >= 0.6 is 23.2 Å². The van der Waals surface area contributed by atoms with Gasteiger partial charge in [0.05, 0.1) is 0 Å². The first kappa shape index (κ1) is 15.1. The van der Waals surface area contributed by atoms with Gasteiger partial charge in [0, 0.05) is 29.2 Å². The van der Waals surface area contributed by atoms with E-state index in [0.29, 0.717) is 6.54 Å². The van der Waals surface area contributed by atoms with E-state index in [-0.39, 0.29) is 6.04 Å². The molecule has 2 atom stereocenters. The summed E-state index contributed by atoms with van der Waals surface area (Å²) in [5, 5.41) is 1.48. The predicted octanol–water partition coefficient (Wildman–Crippen LogP) is 3.97. The predicted molar refractivity (Wildman–Crippen MR) is 82.8 cm³/mol. The van der Waals surface area contributed by atoms with Gasteiger partial charge in [0.2, 0.25) is 0 Å². The number of likely N-dealkylation sites (tertiary alicyclic amines) is 1. The smallest absolute Gasteiger partial charge is 0.0485 e. The van der Waals surface area contributed by atoms with Crippen molar-refractivity contribution in [2.45, 2.75) is 26.3 Å². The molecule has 1 heterocycles. The molecular weight excluding hydrogens is 279 g/mol. The van der Waals surface area contributed by atoms with Crippen LogP contribution in [-0.4, -0.2) is 24.5 Å². The minimum atomic E-state index is 0.176. The highest BCUT2D eigenvalue weighted by atomic mass is 35.5. The van der Waals surface area contributed by atoms with E-state index in [1.807, 2.05) is 18.2 Å². The molecule has 2 unspecified atom stereocenters. The van der Waals surface area contributed by atoms with Gasteiger partial charge in [-0.3, -0.25) is 4.90 Å². The lowest BCUT2D eigenvalue weighted by Crippen LogP contribution is -2.32. The number of nitrogens with zero attached hydrogens (tertiary/aromatic N) is 1. The monoisotopic (exact) mass is 300 g/mol. The molecule has 1 aromatic rings. The Bertz CT molecular complexity index is 434. The molecule has 0 bridgehead atoms. The summed E-state index contributed by atoms with van der Waals surface area (Å²) in [5.41, 5.74) is 7.04. The van der Waals surface area contributed by atoms with Crippen molar-refractivity contribution in [3.05, 3.63) is 33.8 Å². The molecule has 1 aliphatic rings. The second-order valence-electron chi connectivity index (χ2n) is 5.71. The quantitative estimate of drug-likeness (QED) is 0.911. The summed E-state index contributed by atoms with van der Waals surface area (Å²) in [7, 11) is 0. The van der Waals surface area contributed by atoms with Gasteiger partial charge < -0.3 is 5.73 Å². The average molecular weight is 301 g/mol. The summed E-state index contributed by atoms with van der Waals surface area (Å²) >= 11 is 12.4. The summed E-state index contributed by atoms with van der Waals surface area (Å²) < 4.78 is 0. The van der Waals surface area contributed by atoms with Gasteiger partial charge in [-0.25, -0.2) is 0 Å². The van der Waals surface area contributed by atoms with Gasteiger partial charge in [-0.1, -0.05) is 37.0 Å². The van der Waals surface area contributed by atoms with E-state index in [0.717, 1.165) is 40.5 Å². The van der Waals surface area contributed by atoms with Gasteiger partial charge in [-0.05, 0) is 48.6 Å². The minimum Gasteiger partial charge on any atom is -0.329 e. The molecule has 0 aromatic heterocycles. The van der Waals surface area contributed by atoms with E-state index in [1.165, 1.54) is 6.42 Å². The first-order valence-corrected chi connectivity index (χ1v) is 7.67. The molecule has 2 nitrogen and oxygen atoms in total. The molecule has 0 amide bonds. The molecule has 106 valence electrons. The maximum Gasteiger partial charge on any atom is 0.0485 e. The molecule has 1 aliphatic heterocycles. The number of benzene rings is 1. The average Bonchev–Trinajstić information content (AvgIpc) is 2.84. The Hall–Kier alpha value is -0.280. The van der Waals surface area contributed by atoms with Crippen molar-refractivity contribution >= 4 is 23.2 Å². The molecule has 1 fully saturated rings. The van der Waals surface area contributed by atoms with Crippen LogP contribution in [0.3, 0.4) is 0 Å². The van der Waals surface area contributed by atoms with Crippen LogP contribution in [0.15, 0.2) is 18.2 Å². The first-order valence-electron chi connectivity index (χ1n) is 6.92. The van der Waals surface area contributed by atoms with Gasteiger partial charge in [0.25, 0.3) is 0 Å². The van der Waals surface area contributed by atoms with Crippen LogP contribution in [0.2, 0.25) is 10.0 Å². The molecule has 0 radical (unpaired) electrons. The zero-order valence-electron chi connectivity index (χ0n) is 11.6. The summed E-state index contributed by atoms with van der Waals surface area (Å²) in [6.45, 7) is 7.34. The molecule has 1 aromatic carbocycles. The Labute approximate surface area is 125 Å². The van der Waals surface area contributed by atoms with E-state index in [4.69, 9.17) is 28.9 Å². The summed E-state index contributed by atoms with van der Waals surface area (Å²) in [5.74, 6) is 1.48. The molecule has 4 heteroatoms. The Balaban J connectivity index is 2.19. The number of nitrogens with two attached hydrogens (primary N) is 1. The van der Waals surface area contributed by atoms with E-state index >= 15 is 0 Å². The van der Waals surface area contributed by atoms with E-state index < -0.39 is 0 Å². The van der Waals surface area contributed by atoms with E-state index in [9.17, 15) is 0 Å². The van der Waals surface area contributed by atoms with Crippen molar-refractivity contribution in [2.75, 3.05) is 19.6 Å². The zero-order chi connectivity index (χ0) is 14.0. The fourth-order valence-corrected chi connectivity index (χ4v) is 3.31. The third-order valence-electron chi connectivity index (χ3n) is 4.18. The highest BCUT2D eigenvalue weighted by molar-refractivity contribution is 6.33. The second kappa shape index (κ2) is 6.45. The van der Waals surface area contributed by atoms with Gasteiger partial charge in [0.1, 0.15) is 0 Å². The molecule has 0 aliphatic carbocycles. The number of hydrogen-bond donors (Lipinski definition) is 1. The molecule has 2 rings (SSSR count). The molecule has 0 spiro atoms. The lowest BCUT2D eigenvalue weighted by atomic mass is 9.95. The van der Waals surface area contributed by atoms with Gasteiger partial charge in [0.15, 0.2) is 0 Å². The van der Waals surface area contributed by atoms with Crippen LogP contribution in [0.1, 0.15) is 31.9 Å². The lowest BCUT2D eigenvalue weighted by Gasteiger charge is -2.28. The fourth-order valence-electron chi connectivity index (χ4n) is 2.89. The first-order chi connectivity index (χ1) is 9.02. The Kier molecular flexibility index (Phi) is 5.13. The molecule has 2 N–H and O–H groups in total. The SMILES string of the molecule is CC(C)C1CCN(C(CN)c2cc(Cl)ccc2Cl)C1. The largest absolute Gasteiger partial charge is 0.329 e. The Morgan fingerprint density at radius 3 is 2.68 bits per heavy atom. The lowest BCUT2D eigenvalue weighted by molar-refractivity contribution is 0.232. The highest BCUT2D eigenvalue weighted by Crippen LogP contribution is 2.34. The van der Waals surface area contributed by atoms with Crippen molar-refractivity contribution in [3.8, 4) is 0 Å². The van der Waals surface area contributed by atoms with Crippen molar-refractivity contribution in [1.82, 2.24) is 4.90 Å². The molecule has 19 heavy (non-hydrogen) atoms. The third-order valence-corrected chi connectivity index (χ3v) is 4.76. The number of hydrogen-bond acceptors (Lipinski definition) is 2. The van der Waals surface area contributed by atoms with Gasteiger partial charge in [-0.15, -0.1) is 0 Å². The summed E-state index contributed by atoms with van der Waals surface area (Å²) in [6, 6.07) is 5.80. The van der Waals surface area contributed by atoms with Crippen molar-refractivity contribution < 1.29 is 0 Å². The standard InChI is InChI=1S/C15H22Cl2N2/c1-10(2)11-5-6-19(9-11)15(8-18)13-7-12(16)3-4-14(13)17/h3-4,7,10-11,15H,5-6,8-9,18H2,1-2H3. The Morgan fingerprint density at radius 2 is 2.11 bits per heavy atom. The van der Waals surface area contributed by atoms with Crippen molar-refractivity contribution in [3.63, 3.8) is 0 Å². The number of halogens is 2. The molecule has 0 saturated carbocycles. The van der Waals surface area contributed by atoms with E-state index in [1.54, 1.807) is 0 Å². The van der Waals surface area contributed by atoms with E-state index in [2.05, 4.69) is 18.7 Å². The minimum absolute atomic E-state index is 0.176. The molecule has 1 saturated heterocycles. The van der Waals surface area contributed by atoms with Crippen LogP contribution in [0.5, 0.6) is 0 Å². The summed E-state index contributed by atoms with van der Waals surface area (Å²) in [6.07, 6.45) is 1.24. The van der Waals surface area contributed by atoms with Crippen LogP contribution in [0.25, 0.3) is 0 Å². The number of rotatable bonds is 4. The Morgan fingerprint density at radius 1 is 1.37 bits per heavy atom. The normalized spacial score (nSPS) is 22.1. The maximum atomic E-state index is 6.31. The van der Waals surface area contributed by atoms with Gasteiger partial charge >= 0.3 is 0 Å². The second-order valence-corrected chi connectivity index (χ2v) is 6.55. The van der Waals surface area contributed by atoms with Crippen molar-refractivity contribution in [1.29, 1.82) is 0 Å². The fraction of sp³-hybridized carbons (Fsp3) is 0.600. The van der Waals surface area contributed by atoms with Crippen LogP contribution < -0.4 is 5.73 Å². The van der Waals surface area contributed by atoms with Crippen LogP contribution in [0.4, 0.5) is 0 Å². The zero-order valence-corrected chi connectivity index (χ0v) is 13.1. The summed E-state index contributed by atoms with van der Waals surface area (Å²) in [4.78, 5) is 2.45.